The lowest BCUT2D eigenvalue weighted by Gasteiger charge is -2.38. The summed E-state index contributed by atoms with van der Waals surface area (Å²) in [5.74, 6) is 2.45. The van der Waals surface area contributed by atoms with Crippen LogP contribution in [0.4, 0.5) is 0 Å². The molecule has 6 rings (SSSR count). The standard InChI is InChI=1S/C22H17N3O3/c1-2-6-19-16(5-1)18-11-17(14-7-8-20-21(10-14)27-13-26-20)24-25(18)22(28-19)15-4-3-9-23-12-15/h1-10,12,18,22H,11,13H2/t18-,22+/m0/s1. The second kappa shape index (κ2) is 5.99. The van der Waals surface area contributed by atoms with E-state index in [4.69, 9.17) is 19.3 Å². The number of hydrogen-bond donors (Lipinski definition) is 0. The minimum absolute atomic E-state index is 0.121. The summed E-state index contributed by atoms with van der Waals surface area (Å²) in [4.78, 5) is 4.26. The molecule has 0 fully saturated rings. The van der Waals surface area contributed by atoms with Gasteiger partial charge in [0.05, 0.1) is 11.8 Å². The molecule has 2 aromatic carbocycles. The molecule has 3 aliphatic heterocycles. The topological polar surface area (TPSA) is 56.2 Å². The Kier molecular flexibility index (Phi) is 3.32. The van der Waals surface area contributed by atoms with Crippen molar-refractivity contribution >= 4 is 5.71 Å². The molecule has 4 heterocycles. The molecule has 0 saturated heterocycles. The van der Waals surface area contributed by atoms with E-state index >= 15 is 0 Å². The smallest absolute Gasteiger partial charge is 0.231 e. The monoisotopic (exact) mass is 371 g/mol. The molecular formula is C22H17N3O3. The van der Waals surface area contributed by atoms with Gasteiger partial charge in [-0.2, -0.15) is 5.10 Å². The summed E-state index contributed by atoms with van der Waals surface area (Å²) < 4.78 is 17.3. The quantitative estimate of drug-likeness (QED) is 0.680. The van der Waals surface area contributed by atoms with Gasteiger partial charge in [0.2, 0.25) is 13.0 Å². The lowest BCUT2D eigenvalue weighted by molar-refractivity contribution is -0.0192. The summed E-state index contributed by atoms with van der Waals surface area (Å²) in [6, 6.07) is 18.2. The highest BCUT2D eigenvalue weighted by molar-refractivity contribution is 6.02. The third-order valence-corrected chi connectivity index (χ3v) is 5.37. The van der Waals surface area contributed by atoms with E-state index in [1.54, 1.807) is 6.20 Å². The Hall–Kier alpha value is -3.54. The number of hydrazone groups is 1. The highest BCUT2D eigenvalue weighted by Crippen LogP contribution is 2.47. The first-order valence-electron chi connectivity index (χ1n) is 9.28. The van der Waals surface area contributed by atoms with E-state index < -0.39 is 0 Å². The maximum atomic E-state index is 6.32. The number of rotatable bonds is 2. The molecule has 0 aliphatic carbocycles. The highest BCUT2D eigenvalue weighted by Gasteiger charge is 2.41. The normalized spacial score (nSPS) is 21.6. The lowest BCUT2D eigenvalue weighted by atomic mass is 9.96. The molecule has 6 nitrogen and oxygen atoms in total. The van der Waals surface area contributed by atoms with E-state index in [1.807, 2.05) is 54.7 Å². The molecule has 0 amide bonds. The van der Waals surface area contributed by atoms with Crippen molar-refractivity contribution in [2.24, 2.45) is 5.10 Å². The van der Waals surface area contributed by atoms with Crippen LogP contribution in [0, 0.1) is 0 Å². The Balaban J connectivity index is 1.43. The molecule has 138 valence electrons. The number of ether oxygens (including phenoxy) is 3. The van der Waals surface area contributed by atoms with Crippen LogP contribution in [-0.4, -0.2) is 22.5 Å². The van der Waals surface area contributed by atoms with Gasteiger partial charge < -0.3 is 14.2 Å². The number of aromatic nitrogens is 1. The van der Waals surface area contributed by atoms with E-state index in [2.05, 4.69) is 16.1 Å². The number of hydrogen-bond acceptors (Lipinski definition) is 6. The van der Waals surface area contributed by atoms with Crippen molar-refractivity contribution in [1.29, 1.82) is 0 Å². The molecule has 6 heteroatoms. The molecule has 3 aromatic rings. The van der Waals surface area contributed by atoms with Gasteiger partial charge in [-0.15, -0.1) is 0 Å². The molecule has 0 unspecified atom stereocenters. The first kappa shape index (κ1) is 15.5. The fourth-order valence-electron chi connectivity index (χ4n) is 4.03. The van der Waals surface area contributed by atoms with Crippen molar-refractivity contribution < 1.29 is 14.2 Å². The number of nitrogens with zero attached hydrogens (tertiary/aromatic N) is 3. The lowest BCUT2D eigenvalue weighted by Crippen LogP contribution is -2.33. The van der Waals surface area contributed by atoms with Gasteiger partial charge in [-0.05, 0) is 30.3 Å². The van der Waals surface area contributed by atoms with Crippen LogP contribution in [0.3, 0.4) is 0 Å². The van der Waals surface area contributed by atoms with Crippen LogP contribution in [-0.2, 0) is 0 Å². The van der Waals surface area contributed by atoms with Crippen molar-refractivity contribution in [2.45, 2.75) is 18.7 Å². The number of benzene rings is 2. The molecule has 2 atom stereocenters. The summed E-state index contributed by atoms with van der Waals surface area (Å²) in [7, 11) is 0. The molecule has 0 bridgehead atoms. The molecular weight excluding hydrogens is 354 g/mol. The predicted octanol–water partition coefficient (Wildman–Crippen LogP) is 4.05. The summed E-state index contributed by atoms with van der Waals surface area (Å²) in [6.45, 7) is 0.268. The fourth-order valence-corrected chi connectivity index (χ4v) is 4.03. The molecule has 0 N–H and O–H groups in total. The largest absolute Gasteiger partial charge is 0.464 e. The van der Waals surface area contributed by atoms with Gasteiger partial charge in [0.25, 0.3) is 0 Å². The van der Waals surface area contributed by atoms with Crippen molar-refractivity contribution in [3.05, 3.63) is 83.7 Å². The molecule has 0 spiro atoms. The molecule has 3 aliphatic rings. The van der Waals surface area contributed by atoms with Gasteiger partial charge in [0.15, 0.2) is 11.5 Å². The number of pyridine rings is 1. The van der Waals surface area contributed by atoms with Crippen LogP contribution in [0.2, 0.25) is 0 Å². The molecule has 0 radical (unpaired) electrons. The average Bonchev–Trinajstić information content (AvgIpc) is 3.40. The van der Waals surface area contributed by atoms with E-state index in [1.165, 1.54) is 0 Å². The molecule has 1 aromatic heterocycles. The van der Waals surface area contributed by atoms with Gasteiger partial charge in [0, 0.05) is 35.5 Å². The SMILES string of the molecule is c1cncc([C@H]2Oc3ccccc3[C@@H]3CC(c4ccc5c(c4)OCO5)=NN23)c1. The zero-order valence-corrected chi connectivity index (χ0v) is 15.0. The van der Waals surface area contributed by atoms with Crippen molar-refractivity contribution in [3.63, 3.8) is 0 Å². The van der Waals surface area contributed by atoms with Crippen molar-refractivity contribution in [3.8, 4) is 17.2 Å². The Labute approximate surface area is 162 Å². The van der Waals surface area contributed by atoms with Crippen molar-refractivity contribution in [1.82, 2.24) is 9.99 Å². The average molecular weight is 371 g/mol. The van der Waals surface area contributed by atoms with Crippen LogP contribution in [0.5, 0.6) is 17.2 Å². The summed E-state index contributed by atoms with van der Waals surface area (Å²) in [5.41, 5.74) is 4.19. The Morgan fingerprint density at radius 2 is 1.86 bits per heavy atom. The van der Waals surface area contributed by atoms with Gasteiger partial charge in [-0.3, -0.25) is 4.98 Å². The summed E-state index contributed by atoms with van der Waals surface area (Å²) >= 11 is 0. The maximum absolute atomic E-state index is 6.32. The first-order chi connectivity index (χ1) is 13.9. The van der Waals surface area contributed by atoms with Gasteiger partial charge >= 0.3 is 0 Å². The fraction of sp³-hybridized carbons (Fsp3) is 0.182. The van der Waals surface area contributed by atoms with Crippen LogP contribution >= 0.6 is 0 Å². The van der Waals surface area contributed by atoms with Crippen LogP contribution < -0.4 is 14.2 Å². The van der Waals surface area contributed by atoms with Crippen LogP contribution in [0.1, 0.15) is 35.4 Å². The van der Waals surface area contributed by atoms with Gasteiger partial charge in [0.1, 0.15) is 5.75 Å². The predicted molar refractivity (Wildman–Crippen MR) is 102 cm³/mol. The number of fused-ring (bicyclic) bond motifs is 4. The number of para-hydroxylation sites is 1. The maximum Gasteiger partial charge on any atom is 0.231 e. The minimum atomic E-state index is -0.305. The highest BCUT2D eigenvalue weighted by atomic mass is 16.7. The van der Waals surface area contributed by atoms with Gasteiger partial charge in [-0.1, -0.05) is 24.3 Å². The third kappa shape index (κ3) is 2.34. The van der Waals surface area contributed by atoms with Crippen LogP contribution in [0.25, 0.3) is 0 Å². The van der Waals surface area contributed by atoms with E-state index in [0.29, 0.717) is 0 Å². The van der Waals surface area contributed by atoms with Gasteiger partial charge in [-0.25, -0.2) is 5.01 Å². The molecule has 0 saturated carbocycles. The summed E-state index contributed by atoms with van der Waals surface area (Å²) in [6.07, 6.45) is 4.10. The Bertz CT molecular complexity index is 1080. The van der Waals surface area contributed by atoms with E-state index in [-0.39, 0.29) is 19.1 Å². The Morgan fingerprint density at radius 1 is 0.929 bits per heavy atom. The van der Waals surface area contributed by atoms with E-state index in [9.17, 15) is 0 Å². The zero-order valence-electron chi connectivity index (χ0n) is 15.0. The third-order valence-electron chi connectivity index (χ3n) is 5.37. The van der Waals surface area contributed by atoms with E-state index in [0.717, 1.165) is 46.1 Å². The summed E-state index contributed by atoms with van der Waals surface area (Å²) in [5, 5.41) is 7.02. The van der Waals surface area contributed by atoms with Crippen LogP contribution in [0.15, 0.2) is 72.1 Å². The second-order valence-electron chi connectivity index (χ2n) is 7.01. The molecule has 28 heavy (non-hydrogen) atoms. The minimum Gasteiger partial charge on any atom is -0.464 e. The van der Waals surface area contributed by atoms with Crippen molar-refractivity contribution in [2.75, 3.05) is 6.79 Å². The zero-order chi connectivity index (χ0) is 18.5. The second-order valence-corrected chi connectivity index (χ2v) is 7.01. The Morgan fingerprint density at radius 3 is 2.79 bits per heavy atom. The first-order valence-corrected chi connectivity index (χ1v) is 9.28.